The summed E-state index contributed by atoms with van der Waals surface area (Å²) >= 11 is 5.61. The SMILES string of the molecule is Nc1cc(C(=O)NCC(=O)O)c(Cl)cc1F. The van der Waals surface area contributed by atoms with Gasteiger partial charge < -0.3 is 16.2 Å². The molecule has 5 nitrogen and oxygen atoms in total. The lowest BCUT2D eigenvalue weighted by Gasteiger charge is -2.06. The molecule has 0 fully saturated rings. The van der Waals surface area contributed by atoms with E-state index in [-0.39, 0.29) is 16.3 Å². The normalized spacial score (nSPS) is 9.88. The molecule has 0 aliphatic carbocycles. The van der Waals surface area contributed by atoms with E-state index in [1.54, 1.807) is 0 Å². The van der Waals surface area contributed by atoms with Crippen LogP contribution in [0.25, 0.3) is 0 Å². The number of carbonyl (C=O) groups excluding carboxylic acids is 1. The molecule has 0 heterocycles. The molecule has 0 aliphatic heterocycles. The number of nitrogen functional groups attached to an aromatic ring is 1. The number of anilines is 1. The molecule has 0 saturated heterocycles. The fourth-order valence-corrected chi connectivity index (χ4v) is 1.23. The number of halogens is 2. The number of amides is 1. The Hall–Kier alpha value is -1.82. The number of carboxylic acid groups (broad SMARTS) is 1. The van der Waals surface area contributed by atoms with Crippen LogP contribution in [-0.2, 0) is 4.79 Å². The minimum Gasteiger partial charge on any atom is -0.480 e. The van der Waals surface area contributed by atoms with Gasteiger partial charge in [0.25, 0.3) is 5.91 Å². The van der Waals surface area contributed by atoms with E-state index >= 15 is 0 Å². The molecule has 0 saturated carbocycles. The van der Waals surface area contributed by atoms with Gasteiger partial charge in [0.15, 0.2) is 0 Å². The largest absolute Gasteiger partial charge is 0.480 e. The number of aliphatic carboxylic acids is 1. The van der Waals surface area contributed by atoms with Crippen molar-refractivity contribution in [3.8, 4) is 0 Å². The summed E-state index contributed by atoms with van der Waals surface area (Å²) in [6, 6.07) is 1.95. The number of nitrogens with one attached hydrogen (secondary N) is 1. The lowest BCUT2D eigenvalue weighted by atomic mass is 10.2. The van der Waals surface area contributed by atoms with E-state index in [9.17, 15) is 14.0 Å². The van der Waals surface area contributed by atoms with Gasteiger partial charge in [0.05, 0.1) is 16.3 Å². The summed E-state index contributed by atoms with van der Waals surface area (Å²) in [6.45, 7) is -0.549. The molecule has 1 aromatic carbocycles. The molecule has 0 bridgehead atoms. The van der Waals surface area contributed by atoms with E-state index in [4.69, 9.17) is 22.4 Å². The van der Waals surface area contributed by atoms with Crippen molar-refractivity contribution in [1.29, 1.82) is 0 Å². The van der Waals surface area contributed by atoms with Crippen LogP contribution in [0.15, 0.2) is 12.1 Å². The molecule has 0 unspecified atom stereocenters. The van der Waals surface area contributed by atoms with Crippen LogP contribution in [0.4, 0.5) is 10.1 Å². The van der Waals surface area contributed by atoms with Crippen molar-refractivity contribution in [2.75, 3.05) is 12.3 Å². The van der Waals surface area contributed by atoms with Crippen LogP contribution >= 0.6 is 11.6 Å². The van der Waals surface area contributed by atoms with Crippen molar-refractivity contribution in [3.05, 3.63) is 28.5 Å². The van der Waals surface area contributed by atoms with Crippen molar-refractivity contribution in [2.24, 2.45) is 0 Å². The summed E-state index contributed by atoms with van der Waals surface area (Å²) in [5.74, 6) is -2.65. The van der Waals surface area contributed by atoms with E-state index in [1.807, 2.05) is 0 Å². The molecule has 0 aromatic heterocycles. The van der Waals surface area contributed by atoms with Crippen LogP contribution in [-0.4, -0.2) is 23.5 Å². The average Bonchev–Trinajstić information content (AvgIpc) is 2.20. The Labute approximate surface area is 95.0 Å². The molecule has 0 atom stereocenters. The summed E-state index contributed by atoms with van der Waals surface area (Å²) in [4.78, 5) is 21.6. The zero-order valence-corrected chi connectivity index (χ0v) is 8.71. The van der Waals surface area contributed by atoms with Gasteiger partial charge in [0.2, 0.25) is 0 Å². The molecule has 86 valence electrons. The summed E-state index contributed by atoms with van der Waals surface area (Å²) in [7, 11) is 0. The zero-order valence-electron chi connectivity index (χ0n) is 7.96. The van der Waals surface area contributed by atoms with Crippen LogP contribution < -0.4 is 11.1 Å². The van der Waals surface area contributed by atoms with Crippen LogP contribution in [0, 0.1) is 5.82 Å². The van der Waals surface area contributed by atoms with E-state index < -0.39 is 24.2 Å². The van der Waals surface area contributed by atoms with E-state index in [1.165, 1.54) is 0 Å². The Bertz CT molecular complexity index is 451. The molecule has 7 heteroatoms. The second kappa shape index (κ2) is 4.80. The number of hydrogen-bond donors (Lipinski definition) is 3. The predicted molar refractivity (Wildman–Crippen MR) is 55.8 cm³/mol. The number of carbonyl (C=O) groups is 2. The molecule has 0 radical (unpaired) electrons. The first-order chi connectivity index (χ1) is 7.41. The lowest BCUT2D eigenvalue weighted by molar-refractivity contribution is -0.135. The zero-order chi connectivity index (χ0) is 12.3. The van der Waals surface area contributed by atoms with Gasteiger partial charge in [0, 0.05) is 0 Å². The maximum Gasteiger partial charge on any atom is 0.322 e. The van der Waals surface area contributed by atoms with Gasteiger partial charge in [-0.2, -0.15) is 0 Å². The monoisotopic (exact) mass is 246 g/mol. The summed E-state index contributed by atoms with van der Waals surface area (Å²) < 4.78 is 12.9. The molecular weight excluding hydrogens is 239 g/mol. The predicted octanol–water partition coefficient (Wildman–Crippen LogP) is 0.876. The van der Waals surface area contributed by atoms with Crippen LogP contribution in [0.1, 0.15) is 10.4 Å². The molecule has 1 amide bonds. The third-order valence-electron chi connectivity index (χ3n) is 1.73. The Balaban J connectivity index is 2.91. The molecular formula is C9H8ClFN2O3. The number of nitrogens with two attached hydrogens (primary N) is 1. The number of carboxylic acids is 1. The first-order valence-corrected chi connectivity index (χ1v) is 4.54. The maximum absolute atomic E-state index is 12.9. The Morgan fingerprint density at radius 1 is 1.50 bits per heavy atom. The van der Waals surface area contributed by atoms with Gasteiger partial charge in [-0.05, 0) is 12.1 Å². The third kappa shape index (κ3) is 2.83. The standard InChI is InChI=1S/C9H8ClFN2O3/c10-5-2-6(11)7(12)1-4(5)9(16)13-3-8(14)15/h1-2H,3,12H2,(H,13,16)(H,14,15). The fraction of sp³-hybridized carbons (Fsp3) is 0.111. The summed E-state index contributed by atoms with van der Waals surface area (Å²) in [5.41, 5.74) is 4.95. The van der Waals surface area contributed by atoms with Gasteiger partial charge in [-0.25, -0.2) is 4.39 Å². The highest BCUT2D eigenvalue weighted by atomic mass is 35.5. The van der Waals surface area contributed by atoms with Crippen molar-refractivity contribution in [1.82, 2.24) is 5.32 Å². The highest BCUT2D eigenvalue weighted by molar-refractivity contribution is 6.34. The molecule has 1 aromatic rings. The van der Waals surface area contributed by atoms with Crippen LogP contribution in [0.2, 0.25) is 5.02 Å². The minimum absolute atomic E-state index is 0.0678. The van der Waals surface area contributed by atoms with Gasteiger partial charge in [-0.3, -0.25) is 9.59 Å². The van der Waals surface area contributed by atoms with Crippen molar-refractivity contribution in [2.45, 2.75) is 0 Å². The molecule has 4 N–H and O–H groups in total. The second-order valence-corrected chi connectivity index (χ2v) is 3.34. The number of hydrogen-bond acceptors (Lipinski definition) is 3. The highest BCUT2D eigenvalue weighted by Crippen LogP contribution is 2.22. The second-order valence-electron chi connectivity index (χ2n) is 2.93. The quantitative estimate of drug-likeness (QED) is 0.690. The fourth-order valence-electron chi connectivity index (χ4n) is 0.991. The number of rotatable bonds is 3. The van der Waals surface area contributed by atoms with Crippen molar-refractivity contribution < 1.29 is 19.1 Å². The summed E-state index contributed by atoms with van der Waals surface area (Å²) in [5, 5.41) is 10.3. The van der Waals surface area contributed by atoms with E-state index in [2.05, 4.69) is 5.32 Å². The van der Waals surface area contributed by atoms with Crippen LogP contribution in [0.5, 0.6) is 0 Å². The van der Waals surface area contributed by atoms with E-state index in [0.717, 1.165) is 12.1 Å². The first-order valence-electron chi connectivity index (χ1n) is 4.16. The van der Waals surface area contributed by atoms with Gasteiger partial charge in [0.1, 0.15) is 12.4 Å². The Kier molecular flexibility index (Phi) is 3.68. The third-order valence-corrected chi connectivity index (χ3v) is 2.04. The Morgan fingerprint density at radius 2 is 2.12 bits per heavy atom. The number of benzene rings is 1. The highest BCUT2D eigenvalue weighted by Gasteiger charge is 2.14. The van der Waals surface area contributed by atoms with Crippen LogP contribution in [0.3, 0.4) is 0 Å². The van der Waals surface area contributed by atoms with Gasteiger partial charge in [-0.15, -0.1) is 0 Å². The molecule has 1 rings (SSSR count). The lowest BCUT2D eigenvalue weighted by Crippen LogP contribution is -2.29. The van der Waals surface area contributed by atoms with Gasteiger partial charge in [-0.1, -0.05) is 11.6 Å². The minimum atomic E-state index is -1.19. The van der Waals surface area contributed by atoms with Crippen molar-refractivity contribution in [3.63, 3.8) is 0 Å². The summed E-state index contributed by atoms with van der Waals surface area (Å²) in [6.07, 6.45) is 0. The molecule has 0 spiro atoms. The molecule has 16 heavy (non-hydrogen) atoms. The first kappa shape index (κ1) is 12.3. The smallest absolute Gasteiger partial charge is 0.322 e. The van der Waals surface area contributed by atoms with Crippen molar-refractivity contribution >= 4 is 29.2 Å². The topological polar surface area (TPSA) is 92.4 Å². The maximum atomic E-state index is 12.9. The van der Waals surface area contributed by atoms with Gasteiger partial charge >= 0.3 is 5.97 Å². The Morgan fingerprint density at radius 3 is 2.69 bits per heavy atom. The van der Waals surface area contributed by atoms with E-state index in [0.29, 0.717) is 0 Å². The average molecular weight is 247 g/mol. The molecule has 0 aliphatic rings.